The van der Waals surface area contributed by atoms with Gasteiger partial charge >= 0.3 is 6.01 Å². The number of rotatable bonds is 16. The standard InChI is InChI=1S/C39H47N3O4/c1-5-9-15-26(7-3)24-45-29-22-34(43)36(35(44)23-29)38-40-37(41-39(42-38)46-25-27(8-4)16-10-6-2)33-21-28-17-11-12-18-30(28)31-19-13-14-20-32(31)33/h11-14,17-23,26-27,43-44H,5-10,15-16,24-25H2,1-4H3. The summed E-state index contributed by atoms with van der Waals surface area (Å²) in [7, 11) is 0. The molecule has 0 saturated carbocycles. The van der Waals surface area contributed by atoms with E-state index in [-0.39, 0.29) is 28.9 Å². The summed E-state index contributed by atoms with van der Waals surface area (Å²) < 4.78 is 12.3. The van der Waals surface area contributed by atoms with Crippen LogP contribution >= 0.6 is 0 Å². The molecule has 0 spiro atoms. The summed E-state index contributed by atoms with van der Waals surface area (Å²) in [6.45, 7) is 9.69. The maximum Gasteiger partial charge on any atom is 0.320 e. The summed E-state index contributed by atoms with van der Waals surface area (Å²) in [6.07, 6.45) is 8.68. The Morgan fingerprint density at radius 3 is 1.83 bits per heavy atom. The number of ether oxygens (including phenoxy) is 2. The van der Waals surface area contributed by atoms with Crippen molar-refractivity contribution in [2.75, 3.05) is 13.2 Å². The minimum Gasteiger partial charge on any atom is -0.507 e. The van der Waals surface area contributed by atoms with E-state index in [1.807, 2.05) is 24.3 Å². The first kappa shape index (κ1) is 33.0. The molecule has 0 radical (unpaired) electrons. The van der Waals surface area contributed by atoms with Crippen molar-refractivity contribution in [1.82, 2.24) is 15.0 Å². The Hall–Kier alpha value is -4.39. The molecule has 4 aromatic carbocycles. The molecule has 0 aliphatic heterocycles. The van der Waals surface area contributed by atoms with E-state index in [2.05, 4.69) is 63.0 Å². The average Bonchev–Trinajstić information content (AvgIpc) is 3.07. The molecule has 0 bridgehead atoms. The zero-order valence-corrected chi connectivity index (χ0v) is 27.6. The van der Waals surface area contributed by atoms with Crippen LogP contribution in [0.4, 0.5) is 0 Å². The molecule has 1 aromatic heterocycles. The van der Waals surface area contributed by atoms with Crippen LogP contribution in [-0.2, 0) is 0 Å². The molecule has 242 valence electrons. The number of benzene rings is 4. The van der Waals surface area contributed by atoms with Crippen molar-refractivity contribution in [3.05, 3.63) is 66.7 Å². The summed E-state index contributed by atoms with van der Waals surface area (Å²) in [4.78, 5) is 14.3. The van der Waals surface area contributed by atoms with Gasteiger partial charge in [-0.1, -0.05) is 115 Å². The number of phenolic OH excluding ortho intramolecular Hbond substituents is 2. The van der Waals surface area contributed by atoms with Gasteiger partial charge in [-0.15, -0.1) is 0 Å². The second-order valence-electron chi connectivity index (χ2n) is 12.2. The highest BCUT2D eigenvalue weighted by atomic mass is 16.5. The number of hydrogen-bond donors (Lipinski definition) is 2. The Morgan fingerprint density at radius 1 is 0.630 bits per heavy atom. The average molecular weight is 622 g/mol. The molecule has 2 atom stereocenters. The van der Waals surface area contributed by atoms with Crippen molar-refractivity contribution >= 4 is 21.5 Å². The van der Waals surface area contributed by atoms with E-state index >= 15 is 0 Å². The number of hydrogen-bond acceptors (Lipinski definition) is 7. The van der Waals surface area contributed by atoms with Gasteiger partial charge in [0.2, 0.25) is 0 Å². The van der Waals surface area contributed by atoms with Crippen LogP contribution in [0.2, 0.25) is 0 Å². The van der Waals surface area contributed by atoms with Gasteiger partial charge in [-0.25, -0.2) is 4.98 Å². The van der Waals surface area contributed by atoms with Crippen LogP contribution in [-0.4, -0.2) is 38.4 Å². The Balaban J connectivity index is 1.57. The van der Waals surface area contributed by atoms with E-state index in [4.69, 9.17) is 19.4 Å². The van der Waals surface area contributed by atoms with E-state index < -0.39 is 0 Å². The summed E-state index contributed by atoms with van der Waals surface area (Å²) in [6, 6.07) is 21.7. The first-order valence-corrected chi connectivity index (χ1v) is 16.9. The molecule has 2 N–H and O–H groups in total. The molecule has 0 aliphatic rings. The number of aromatic hydroxyl groups is 2. The van der Waals surface area contributed by atoms with Gasteiger partial charge in [0.15, 0.2) is 11.6 Å². The van der Waals surface area contributed by atoms with Gasteiger partial charge < -0.3 is 19.7 Å². The Labute approximate surface area is 272 Å². The van der Waals surface area contributed by atoms with Crippen molar-refractivity contribution in [1.29, 1.82) is 0 Å². The third-order valence-corrected chi connectivity index (χ3v) is 8.94. The first-order chi connectivity index (χ1) is 22.4. The summed E-state index contributed by atoms with van der Waals surface area (Å²) in [5.74, 6) is 1.39. The van der Waals surface area contributed by atoms with Gasteiger partial charge in [-0.3, -0.25) is 0 Å². The number of fused-ring (bicyclic) bond motifs is 3. The molecule has 7 heteroatoms. The van der Waals surface area contributed by atoms with Crippen molar-refractivity contribution in [3.63, 3.8) is 0 Å². The molecule has 46 heavy (non-hydrogen) atoms. The van der Waals surface area contributed by atoms with Crippen LogP contribution < -0.4 is 9.47 Å². The molecule has 0 aliphatic carbocycles. The van der Waals surface area contributed by atoms with Crippen LogP contribution in [0.15, 0.2) is 66.7 Å². The van der Waals surface area contributed by atoms with E-state index in [1.54, 1.807) is 0 Å². The molecule has 0 saturated heterocycles. The van der Waals surface area contributed by atoms with E-state index in [0.717, 1.165) is 78.5 Å². The molecule has 0 amide bonds. The van der Waals surface area contributed by atoms with Gasteiger partial charge in [0.1, 0.15) is 22.8 Å². The molecule has 7 nitrogen and oxygen atoms in total. The maximum absolute atomic E-state index is 11.2. The molecular formula is C39H47N3O4. The smallest absolute Gasteiger partial charge is 0.320 e. The number of aromatic nitrogens is 3. The van der Waals surface area contributed by atoms with Crippen LogP contribution in [0, 0.1) is 11.8 Å². The fraction of sp³-hybridized carbons (Fsp3) is 0.410. The highest BCUT2D eigenvalue weighted by Gasteiger charge is 2.22. The van der Waals surface area contributed by atoms with Crippen LogP contribution in [0.1, 0.15) is 79.1 Å². The Kier molecular flexibility index (Phi) is 11.3. The minimum atomic E-state index is -0.169. The van der Waals surface area contributed by atoms with Gasteiger partial charge in [-0.05, 0) is 52.3 Å². The number of nitrogens with zero attached hydrogens (tertiary/aromatic N) is 3. The molecule has 0 fully saturated rings. The summed E-state index contributed by atoms with van der Waals surface area (Å²) >= 11 is 0. The predicted molar refractivity (Wildman–Crippen MR) is 187 cm³/mol. The lowest BCUT2D eigenvalue weighted by atomic mass is 9.97. The molecule has 1 heterocycles. The lowest BCUT2D eigenvalue weighted by molar-refractivity contribution is 0.217. The Morgan fingerprint density at radius 2 is 1.20 bits per heavy atom. The minimum absolute atomic E-state index is 0.113. The quantitative estimate of drug-likeness (QED) is 0.106. The zero-order chi connectivity index (χ0) is 32.5. The second-order valence-corrected chi connectivity index (χ2v) is 12.2. The summed E-state index contributed by atoms with van der Waals surface area (Å²) in [5.41, 5.74) is 0.930. The molecule has 5 rings (SSSR count). The maximum atomic E-state index is 11.2. The van der Waals surface area contributed by atoms with Crippen LogP contribution in [0.25, 0.3) is 44.3 Å². The lowest BCUT2D eigenvalue weighted by Gasteiger charge is -2.17. The molecule has 5 aromatic rings. The molecular weight excluding hydrogens is 574 g/mol. The zero-order valence-electron chi connectivity index (χ0n) is 27.6. The first-order valence-electron chi connectivity index (χ1n) is 16.9. The van der Waals surface area contributed by atoms with Crippen molar-refractivity contribution in [3.8, 4) is 46.0 Å². The normalized spacial score (nSPS) is 12.8. The summed E-state index contributed by atoms with van der Waals surface area (Å²) in [5, 5.41) is 26.7. The Bertz CT molecular complexity index is 1730. The molecule has 2 unspecified atom stereocenters. The van der Waals surface area contributed by atoms with Gasteiger partial charge in [0, 0.05) is 17.7 Å². The third kappa shape index (κ3) is 7.69. The fourth-order valence-electron chi connectivity index (χ4n) is 5.99. The SMILES string of the molecule is CCCCC(CC)COc1cc(O)c(-c2nc(OCC(CC)CCCC)nc(-c3cc4ccccc4c4ccccc34)n2)c(O)c1. The van der Waals surface area contributed by atoms with E-state index in [0.29, 0.717) is 36.6 Å². The van der Waals surface area contributed by atoms with Gasteiger partial charge in [-0.2, -0.15) is 9.97 Å². The van der Waals surface area contributed by atoms with E-state index in [9.17, 15) is 10.2 Å². The topological polar surface area (TPSA) is 97.6 Å². The van der Waals surface area contributed by atoms with Gasteiger partial charge in [0.05, 0.1) is 13.2 Å². The third-order valence-electron chi connectivity index (χ3n) is 8.94. The second kappa shape index (κ2) is 15.7. The number of unbranched alkanes of at least 4 members (excludes halogenated alkanes) is 2. The van der Waals surface area contributed by atoms with Crippen LogP contribution in [0.5, 0.6) is 23.3 Å². The van der Waals surface area contributed by atoms with Crippen molar-refractivity contribution in [2.24, 2.45) is 11.8 Å². The highest BCUT2D eigenvalue weighted by Crippen LogP contribution is 2.41. The monoisotopic (exact) mass is 621 g/mol. The highest BCUT2D eigenvalue weighted by molar-refractivity contribution is 6.13. The van der Waals surface area contributed by atoms with Crippen LogP contribution in [0.3, 0.4) is 0 Å². The predicted octanol–water partition coefficient (Wildman–Crippen LogP) is 10.1. The van der Waals surface area contributed by atoms with Gasteiger partial charge in [0.25, 0.3) is 0 Å². The fourth-order valence-corrected chi connectivity index (χ4v) is 5.99. The van der Waals surface area contributed by atoms with E-state index in [1.165, 1.54) is 12.1 Å². The van der Waals surface area contributed by atoms with Crippen molar-refractivity contribution < 1.29 is 19.7 Å². The number of phenols is 2. The largest absolute Gasteiger partial charge is 0.507 e. The lowest BCUT2D eigenvalue weighted by Crippen LogP contribution is -2.13. The van der Waals surface area contributed by atoms with Crippen molar-refractivity contribution in [2.45, 2.75) is 79.1 Å².